The molecule has 0 unspecified atom stereocenters. The maximum atomic E-state index is 14.3. The molecule has 0 aliphatic carbocycles. The van der Waals surface area contributed by atoms with Crippen LogP contribution in [0.2, 0.25) is 0 Å². The summed E-state index contributed by atoms with van der Waals surface area (Å²) in [7, 11) is 0. The number of nitrogens with one attached hydrogen (secondary N) is 8. The van der Waals surface area contributed by atoms with Crippen LogP contribution in [-0.4, -0.2) is 113 Å². The van der Waals surface area contributed by atoms with Gasteiger partial charge in [0.1, 0.15) is 30.2 Å². The smallest absolute Gasteiger partial charge is 0.326 e. The number of para-hydroxylation sites is 1. The highest BCUT2D eigenvalue weighted by Gasteiger charge is 2.41. The van der Waals surface area contributed by atoms with Gasteiger partial charge in [-0.25, -0.2) is 4.79 Å². The second-order valence-corrected chi connectivity index (χ2v) is 16.2. The van der Waals surface area contributed by atoms with Gasteiger partial charge < -0.3 is 52.6 Å². The van der Waals surface area contributed by atoms with E-state index in [4.69, 9.17) is 11.1 Å². The zero-order chi connectivity index (χ0) is 42.3. The van der Waals surface area contributed by atoms with Gasteiger partial charge in [0.25, 0.3) is 0 Å². The van der Waals surface area contributed by atoms with Crippen LogP contribution in [0.4, 0.5) is 0 Å². The summed E-state index contributed by atoms with van der Waals surface area (Å²) in [6.45, 7) is 12.9. The Morgan fingerprint density at radius 1 is 0.965 bits per heavy atom. The van der Waals surface area contributed by atoms with E-state index in [0.29, 0.717) is 38.8 Å². The van der Waals surface area contributed by atoms with Crippen LogP contribution in [0, 0.1) is 16.7 Å². The van der Waals surface area contributed by atoms with Gasteiger partial charge in [-0.05, 0) is 74.6 Å². The van der Waals surface area contributed by atoms with E-state index in [1.807, 2.05) is 45.0 Å². The Morgan fingerprint density at radius 3 is 2.33 bits per heavy atom. The van der Waals surface area contributed by atoms with Crippen molar-refractivity contribution in [3.63, 3.8) is 0 Å². The van der Waals surface area contributed by atoms with Gasteiger partial charge in [-0.15, -0.1) is 0 Å². The summed E-state index contributed by atoms with van der Waals surface area (Å²) < 4.78 is 0. The molecule has 1 fully saturated rings. The predicted octanol–water partition coefficient (Wildman–Crippen LogP) is 1.47. The van der Waals surface area contributed by atoms with Crippen molar-refractivity contribution in [2.24, 2.45) is 17.1 Å². The fourth-order valence-corrected chi connectivity index (χ4v) is 6.97. The second-order valence-electron chi connectivity index (χ2n) is 16.2. The van der Waals surface area contributed by atoms with Crippen LogP contribution in [0.5, 0.6) is 0 Å². The van der Waals surface area contributed by atoms with E-state index in [-0.39, 0.29) is 50.0 Å². The number of aromatic amines is 1. The first-order chi connectivity index (χ1) is 26.9. The summed E-state index contributed by atoms with van der Waals surface area (Å²) in [5.74, 6) is -4.01. The van der Waals surface area contributed by atoms with E-state index in [1.54, 1.807) is 27.0 Å². The Hall–Kier alpha value is -5.19. The number of fused-ring (bicyclic) bond motifs is 1. The quantitative estimate of drug-likeness (QED) is 0.0466. The molecule has 11 N–H and O–H groups in total. The average Bonchev–Trinajstić information content (AvgIpc) is 3.80. The van der Waals surface area contributed by atoms with E-state index in [2.05, 4.69) is 36.9 Å². The van der Waals surface area contributed by atoms with Crippen LogP contribution in [-0.2, 0) is 35.2 Å². The number of nitrogens with two attached hydrogens (primary N) is 1. The SMILES string of the molecule is CCNCCCC(=O)N[C@@H](CCCNC(=N)N)C(=O)N1CCC[C@H]1C(=O)N[C@@H](Cc1c[nH]c2ccccc12)C(=O)N[C@H](C(=O)N[C@@H](CC(C)C)C(=O)O)C(C)(C)C. The van der Waals surface area contributed by atoms with Crippen molar-refractivity contribution in [2.45, 2.75) is 123 Å². The summed E-state index contributed by atoms with van der Waals surface area (Å²) in [5, 5.41) is 35.1. The van der Waals surface area contributed by atoms with Crippen molar-refractivity contribution < 1.29 is 33.9 Å². The number of hydrogen-bond donors (Lipinski definition) is 10. The molecule has 1 aliphatic heterocycles. The number of aromatic nitrogens is 1. The van der Waals surface area contributed by atoms with Gasteiger partial charge in [0.05, 0.1) is 0 Å². The van der Waals surface area contributed by atoms with Crippen molar-refractivity contribution in [2.75, 3.05) is 26.2 Å². The number of carbonyl (C=O) groups excluding carboxylic acids is 5. The highest BCUT2D eigenvalue weighted by molar-refractivity contribution is 5.97. The van der Waals surface area contributed by atoms with Crippen LogP contribution >= 0.6 is 0 Å². The molecule has 1 aliphatic rings. The average molecular weight is 797 g/mol. The first-order valence-corrected chi connectivity index (χ1v) is 20.0. The molecule has 17 heteroatoms. The van der Waals surface area contributed by atoms with Gasteiger partial charge in [-0.1, -0.05) is 59.7 Å². The van der Waals surface area contributed by atoms with Gasteiger partial charge >= 0.3 is 5.97 Å². The second kappa shape index (κ2) is 21.9. The zero-order valence-corrected chi connectivity index (χ0v) is 34.3. The molecule has 5 amide bonds. The topological polar surface area (TPSA) is 264 Å². The Kier molecular flexibility index (Phi) is 17.8. The molecule has 5 atom stereocenters. The number of hydrogen-bond acceptors (Lipinski definition) is 8. The lowest BCUT2D eigenvalue weighted by atomic mass is 9.85. The molecule has 0 saturated carbocycles. The van der Waals surface area contributed by atoms with Gasteiger partial charge in [0.2, 0.25) is 29.5 Å². The van der Waals surface area contributed by atoms with Gasteiger partial charge in [-0.2, -0.15) is 0 Å². The van der Waals surface area contributed by atoms with E-state index in [9.17, 15) is 33.9 Å². The Bertz CT molecular complexity index is 1700. The van der Waals surface area contributed by atoms with Crippen LogP contribution in [0.3, 0.4) is 0 Å². The molecule has 1 aromatic heterocycles. The number of nitrogens with zero attached hydrogens (tertiary/aromatic N) is 1. The Morgan fingerprint density at radius 2 is 1.68 bits per heavy atom. The number of amides is 5. The molecule has 3 rings (SSSR count). The predicted molar refractivity (Wildman–Crippen MR) is 218 cm³/mol. The number of benzene rings is 1. The summed E-state index contributed by atoms with van der Waals surface area (Å²) in [4.78, 5) is 85.9. The van der Waals surface area contributed by atoms with Crippen molar-refractivity contribution in [1.82, 2.24) is 41.8 Å². The summed E-state index contributed by atoms with van der Waals surface area (Å²) in [6, 6.07) is 2.13. The molecule has 57 heavy (non-hydrogen) atoms. The van der Waals surface area contributed by atoms with Crippen LogP contribution in [0.1, 0.15) is 92.1 Å². The maximum Gasteiger partial charge on any atom is 0.326 e. The zero-order valence-electron chi connectivity index (χ0n) is 34.3. The number of carboxylic acids is 1. The molecular weight excluding hydrogens is 733 g/mol. The highest BCUT2D eigenvalue weighted by atomic mass is 16.4. The summed E-state index contributed by atoms with van der Waals surface area (Å²) in [6.07, 6.45) is 4.28. The number of H-pyrrole nitrogens is 1. The molecule has 0 radical (unpaired) electrons. The minimum atomic E-state index is -1.19. The first kappa shape index (κ1) is 46.2. The summed E-state index contributed by atoms with van der Waals surface area (Å²) in [5.41, 5.74) is 6.14. The molecule has 316 valence electrons. The fraction of sp³-hybridized carbons (Fsp3) is 0.625. The summed E-state index contributed by atoms with van der Waals surface area (Å²) >= 11 is 0. The number of carboxylic acid groups (broad SMARTS) is 1. The molecular formula is C40H64N10O7. The minimum Gasteiger partial charge on any atom is -0.480 e. The van der Waals surface area contributed by atoms with Crippen LogP contribution < -0.4 is 37.6 Å². The number of carbonyl (C=O) groups is 6. The Balaban J connectivity index is 1.88. The van der Waals surface area contributed by atoms with E-state index in [1.165, 1.54) is 4.90 Å². The van der Waals surface area contributed by atoms with Crippen molar-refractivity contribution in [3.8, 4) is 0 Å². The van der Waals surface area contributed by atoms with Crippen molar-refractivity contribution >= 4 is 52.4 Å². The van der Waals surface area contributed by atoms with E-state index >= 15 is 0 Å². The van der Waals surface area contributed by atoms with Crippen LogP contribution in [0.15, 0.2) is 30.5 Å². The third-order valence-electron chi connectivity index (χ3n) is 9.93. The lowest BCUT2D eigenvalue weighted by molar-refractivity contribution is -0.143. The molecule has 0 bridgehead atoms. The molecule has 1 saturated heterocycles. The van der Waals surface area contributed by atoms with Crippen molar-refractivity contribution in [3.05, 3.63) is 36.0 Å². The van der Waals surface area contributed by atoms with Gasteiger partial charge in [0.15, 0.2) is 5.96 Å². The maximum absolute atomic E-state index is 14.3. The van der Waals surface area contributed by atoms with E-state index in [0.717, 1.165) is 23.0 Å². The minimum absolute atomic E-state index is 0.0183. The third kappa shape index (κ3) is 14.4. The van der Waals surface area contributed by atoms with Crippen molar-refractivity contribution in [1.29, 1.82) is 5.41 Å². The molecule has 2 aromatic rings. The lowest BCUT2D eigenvalue weighted by Crippen LogP contribution is -2.61. The largest absolute Gasteiger partial charge is 0.480 e. The molecule has 1 aromatic carbocycles. The highest BCUT2D eigenvalue weighted by Crippen LogP contribution is 2.24. The first-order valence-electron chi connectivity index (χ1n) is 20.0. The number of rotatable bonds is 22. The third-order valence-corrected chi connectivity index (χ3v) is 9.93. The normalized spacial score (nSPS) is 16.3. The fourth-order valence-electron chi connectivity index (χ4n) is 6.97. The van der Waals surface area contributed by atoms with Crippen LogP contribution in [0.25, 0.3) is 10.9 Å². The van der Waals surface area contributed by atoms with Gasteiger partial charge in [0, 0.05) is 43.0 Å². The number of aliphatic carboxylic acids is 1. The Labute approximate surface area is 335 Å². The molecule has 0 spiro atoms. The molecule has 2 heterocycles. The number of likely N-dealkylation sites (tertiary alicyclic amines) is 1. The molecule has 17 nitrogen and oxygen atoms in total. The number of guanidine groups is 1. The van der Waals surface area contributed by atoms with Gasteiger partial charge in [-0.3, -0.25) is 29.4 Å². The monoisotopic (exact) mass is 796 g/mol. The van der Waals surface area contributed by atoms with E-state index < -0.39 is 65.2 Å². The standard InChI is InChI=1S/C40H64N10O7/c1-7-43-18-11-17-32(51)46-28(15-10-19-44-39(41)42)37(55)50-20-12-16-31(50)35(53)47-29(22-25-23-45-27-14-9-8-13-26(25)27)34(52)49-33(40(4,5)6)36(54)48-30(38(56)57)21-24(2)3/h8-9,13-14,23-24,28-31,33,43,45H,7,10-12,15-22H2,1-6H3,(H,46,51)(H,47,53)(H,48,54)(H,49,52)(H,56,57)(H4,41,42,44)/t28-,29-,30-,31-,33+/m0/s1. The lowest BCUT2D eigenvalue weighted by Gasteiger charge is -2.33.